The SMILES string of the molecule is Cc1ccc(I)c(-c2ccc(Cl)cc2Cl)n1. The van der Waals surface area contributed by atoms with E-state index in [1.165, 1.54) is 0 Å². The molecule has 0 saturated carbocycles. The zero-order chi connectivity index (χ0) is 11.7. The van der Waals surface area contributed by atoms with Gasteiger partial charge < -0.3 is 0 Å². The van der Waals surface area contributed by atoms with E-state index in [0.717, 1.165) is 20.5 Å². The lowest BCUT2D eigenvalue weighted by Crippen LogP contribution is -1.91. The fourth-order valence-electron chi connectivity index (χ4n) is 1.41. The number of aromatic nitrogens is 1. The minimum atomic E-state index is 0.628. The average molecular weight is 364 g/mol. The van der Waals surface area contributed by atoms with E-state index >= 15 is 0 Å². The van der Waals surface area contributed by atoms with E-state index in [-0.39, 0.29) is 0 Å². The van der Waals surface area contributed by atoms with E-state index in [1.54, 1.807) is 6.07 Å². The molecule has 0 spiro atoms. The van der Waals surface area contributed by atoms with E-state index in [1.807, 2.05) is 31.2 Å². The normalized spacial score (nSPS) is 10.5. The first-order valence-electron chi connectivity index (χ1n) is 4.66. The second-order valence-electron chi connectivity index (χ2n) is 3.41. The lowest BCUT2D eigenvalue weighted by Gasteiger charge is -2.07. The van der Waals surface area contributed by atoms with Crippen LogP contribution in [0, 0.1) is 10.5 Å². The van der Waals surface area contributed by atoms with Gasteiger partial charge in [0, 0.05) is 19.9 Å². The smallest absolute Gasteiger partial charge is 0.0853 e. The van der Waals surface area contributed by atoms with Crippen molar-refractivity contribution in [3.8, 4) is 11.3 Å². The molecule has 82 valence electrons. The van der Waals surface area contributed by atoms with Gasteiger partial charge in [-0.15, -0.1) is 0 Å². The molecule has 2 rings (SSSR count). The Labute approximate surface area is 118 Å². The average Bonchev–Trinajstić information content (AvgIpc) is 2.22. The third kappa shape index (κ3) is 2.50. The number of rotatable bonds is 1. The van der Waals surface area contributed by atoms with Gasteiger partial charge in [0.15, 0.2) is 0 Å². The summed E-state index contributed by atoms with van der Waals surface area (Å²) in [5.41, 5.74) is 2.79. The summed E-state index contributed by atoms with van der Waals surface area (Å²) in [4.78, 5) is 4.50. The molecule has 0 amide bonds. The molecule has 0 atom stereocenters. The maximum absolute atomic E-state index is 6.16. The number of benzene rings is 1. The predicted octanol–water partition coefficient (Wildman–Crippen LogP) is 4.97. The van der Waals surface area contributed by atoms with E-state index in [9.17, 15) is 0 Å². The first-order chi connectivity index (χ1) is 7.58. The summed E-state index contributed by atoms with van der Waals surface area (Å²) in [7, 11) is 0. The van der Waals surface area contributed by atoms with Crippen LogP contribution in [-0.2, 0) is 0 Å². The van der Waals surface area contributed by atoms with E-state index in [4.69, 9.17) is 23.2 Å². The van der Waals surface area contributed by atoms with Gasteiger partial charge in [0.25, 0.3) is 0 Å². The number of pyridine rings is 1. The Morgan fingerprint density at radius 3 is 2.56 bits per heavy atom. The third-order valence-corrected chi connectivity index (χ3v) is 3.59. The van der Waals surface area contributed by atoms with Crippen LogP contribution < -0.4 is 0 Å². The van der Waals surface area contributed by atoms with Gasteiger partial charge in [-0.05, 0) is 59.8 Å². The second kappa shape index (κ2) is 4.90. The molecule has 0 aliphatic rings. The van der Waals surface area contributed by atoms with Crippen LogP contribution in [0.2, 0.25) is 10.0 Å². The van der Waals surface area contributed by atoms with Crippen molar-refractivity contribution in [1.82, 2.24) is 4.98 Å². The molecule has 0 N–H and O–H groups in total. The summed E-state index contributed by atoms with van der Waals surface area (Å²) >= 11 is 14.3. The van der Waals surface area contributed by atoms with Gasteiger partial charge in [0.05, 0.1) is 10.7 Å². The number of nitrogens with zero attached hydrogens (tertiary/aromatic N) is 1. The van der Waals surface area contributed by atoms with E-state index in [0.29, 0.717) is 10.0 Å². The van der Waals surface area contributed by atoms with Gasteiger partial charge in [-0.1, -0.05) is 23.2 Å². The lowest BCUT2D eigenvalue weighted by molar-refractivity contribution is 1.19. The largest absolute Gasteiger partial charge is 0.252 e. The van der Waals surface area contributed by atoms with Crippen LogP contribution in [0.5, 0.6) is 0 Å². The molecule has 4 heteroatoms. The topological polar surface area (TPSA) is 12.9 Å². The summed E-state index contributed by atoms with van der Waals surface area (Å²) in [6, 6.07) is 9.47. The van der Waals surface area contributed by atoms with E-state index in [2.05, 4.69) is 27.6 Å². The quantitative estimate of drug-likeness (QED) is 0.652. The predicted molar refractivity (Wildman–Crippen MR) is 77.1 cm³/mol. The summed E-state index contributed by atoms with van der Waals surface area (Å²) < 4.78 is 1.08. The van der Waals surface area contributed by atoms with Crippen molar-refractivity contribution in [2.75, 3.05) is 0 Å². The Morgan fingerprint density at radius 2 is 1.88 bits per heavy atom. The monoisotopic (exact) mass is 363 g/mol. The van der Waals surface area contributed by atoms with E-state index < -0.39 is 0 Å². The van der Waals surface area contributed by atoms with Crippen molar-refractivity contribution in [3.05, 3.63) is 49.6 Å². The molecule has 2 aromatic rings. The summed E-state index contributed by atoms with van der Waals surface area (Å²) in [5.74, 6) is 0. The standard InChI is InChI=1S/C12H8Cl2IN/c1-7-2-5-11(15)12(16-7)9-4-3-8(13)6-10(9)14/h2-6H,1H3. The van der Waals surface area contributed by atoms with Gasteiger partial charge in [-0.25, -0.2) is 0 Å². The van der Waals surface area contributed by atoms with Crippen molar-refractivity contribution in [1.29, 1.82) is 0 Å². The molecule has 1 aromatic heterocycles. The zero-order valence-corrected chi connectivity index (χ0v) is 12.1. The van der Waals surface area contributed by atoms with Gasteiger partial charge in [0.1, 0.15) is 0 Å². The van der Waals surface area contributed by atoms with Crippen LogP contribution >= 0.6 is 45.8 Å². The number of halogens is 3. The highest BCUT2D eigenvalue weighted by atomic mass is 127. The second-order valence-corrected chi connectivity index (χ2v) is 5.41. The Balaban J connectivity index is 2.62. The van der Waals surface area contributed by atoms with Crippen LogP contribution in [-0.4, -0.2) is 4.98 Å². The van der Waals surface area contributed by atoms with Gasteiger partial charge in [0.2, 0.25) is 0 Å². The molecule has 0 saturated heterocycles. The Hall–Kier alpha value is -0.320. The van der Waals surface area contributed by atoms with Gasteiger partial charge >= 0.3 is 0 Å². The maximum atomic E-state index is 6.16. The van der Waals surface area contributed by atoms with Crippen molar-refractivity contribution >= 4 is 45.8 Å². The minimum absolute atomic E-state index is 0.628. The molecule has 0 aliphatic heterocycles. The van der Waals surface area contributed by atoms with Crippen molar-refractivity contribution in [3.63, 3.8) is 0 Å². The lowest BCUT2D eigenvalue weighted by atomic mass is 10.1. The molecule has 0 fully saturated rings. The minimum Gasteiger partial charge on any atom is -0.252 e. The van der Waals surface area contributed by atoms with Crippen molar-refractivity contribution in [2.24, 2.45) is 0 Å². The zero-order valence-electron chi connectivity index (χ0n) is 8.47. The molecule has 0 radical (unpaired) electrons. The fourth-order valence-corrected chi connectivity index (χ4v) is 2.50. The molecule has 1 aromatic carbocycles. The molecule has 0 aliphatic carbocycles. The molecule has 1 nitrogen and oxygen atoms in total. The molecular formula is C12H8Cl2IN. The Morgan fingerprint density at radius 1 is 1.12 bits per heavy atom. The van der Waals surface area contributed by atoms with Crippen LogP contribution in [0.15, 0.2) is 30.3 Å². The highest BCUT2D eigenvalue weighted by Gasteiger charge is 2.09. The number of hydrogen-bond acceptors (Lipinski definition) is 1. The van der Waals surface area contributed by atoms with Crippen LogP contribution in [0.1, 0.15) is 5.69 Å². The number of aryl methyl sites for hydroxylation is 1. The van der Waals surface area contributed by atoms with Crippen LogP contribution in [0.4, 0.5) is 0 Å². The first kappa shape index (κ1) is 12.1. The summed E-state index contributed by atoms with van der Waals surface area (Å²) in [6.07, 6.45) is 0. The summed E-state index contributed by atoms with van der Waals surface area (Å²) in [6.45, 7) is 1.96. The third-order valence-electron chi connectivity index (χ3n) is 2.17. The highest BCUT2D eigenvalue weighted by molar-refractivity contribution is 14.1. The molecular weight excluding hydrogens is 356 g/mol. The van der Waals surface area contributed by atoms with Crippen molar-refractivity contribution in [2.45, 2.75) is 6.92 Å². The highest BCUT2D eigenvalue weighted by Crippen LogP contribution is 2.31. The first-order valence-corrected chi connectivity index (χ1v) is 6.50. The van der Waals surface area contributed by atoms with Crippen LogP contribution in [0.25, 0.3) is 11.3 Å². The Bertz CT molecular complexity index is 541. The van der Waals surface area contributed by atoms with Gasteiger partial charge in [-0.2, -0.15) is 0 Å². The molecule has 0 bridgehead atoms. The molecule has 16 heavy (non-hydrogen) atoms. The van der Waals surface area contributed by atoms with Gasteiger partial charge in [-0.3, -0.25) is 4.98 Å². The number of hydrogen-bond donors (Lipinski definition) is 0. The van der Waals surface area contributed by atoms with Crippen molar-refractivity contribution < 1.29 is 0 Å². The fraction of sp³-hybridized carbons (Fsp3) is 0.0833. The summed E-state index contributed by atoms with van der Waals surface area (Å²) in [5, 5.41) is 1.26. The molecule has 0 unspecified atom stereocenters. The molecule has 1 heterocycles. The Kier molecular flexibility index (Phi) is 3.72. The van der Waals surface area contributed by atoms with Crippen LogP contribution in [0.3, 0.4) is 0 Å². The maximum Gasteiger partial charge on any atom is 0.0853 e.